The molecule has 1 aliphatic carbocycles. The zero-order valence-corrected chi connectivity index (χ0v) is 17.2. The monoisotopic (exact) mass is 381 g/mol. The van der Waals surface area contributed by atoms with Crippen molar-refractivity contribution in [3.05, 3.63) is 59.7 Å². The van der Waals surface area contributed by atoms with Crippen LogP contribution < -0.4 is 5.32 Å². The van der Waals surface area contributed by atoms with Crippen molar-refractivity contribution in [2.45, 2.75) is 51.6 Å². The summed E-state index contributed by atoms with van der Waals surface area (Å²) < 4.78 is 11.2. The number of hydrogen-bond donors (Lipinski definition) is 1. The van der Waals surface area contributed by atoms with Gasteiger partial charge in [0.25, 0.3) is 0 Å². The van der Waals surface area contributed by atoms with Crippen LogP contribution in [0, 0.1) is 0 Å². The molecule has 3 rings (SSSR count). The van der Waals surface area contributed by atoms with Gasteiger partial charge in [-0.15, -0.1) is 0 Å². The minimum atomic E-state index is -0.340. The lowest BCUT2D eigenvalue weighted by atomic mass is 9.98. The van der Waals surface area contributed by atoms with Gasteiger partial charge in [-0.2, -0.15) is 0 Å². The fraction of sp³-hybridized carbons (Fsp3) is 0.458. The SMILES string of the molecule is CC(C)(C)OCCCCCNC(=O)OCC1c2ccccc2-c2ccccc21. The quantitative estimate of drug-likeness (QED) is 0.613. The Bertz CT molecular complexity index is 749. The third-order valence-corrected chi connectivity index (χ3v) is 4.97. The van der Waals surface area contributed by atoms with Crippen LogP contribution >= 0.6 is 0 Å². The second-order valence-corrected chi connectivity index (χ2v) is 8.27. The summed E-state index contributed by atoms with van der Waals surface area (Å²) in [6.45, 7) is 7.93. The van der Waals surface area contributed by atoms with Crippen LogP contribution in [0.25, 0.3) is 11.1 Å². The summed E-state index contributed by atoms with van der Waals surface area (Å²) >= 11 is 0. The molecule has 28 heavy (non-hydrogen) atoms. The molecule has 0 saturated heterocycles. The number of benzene rings is 2. The lowest BCUT2D eigenvalue weighted by Crippen LogP contribution is -2.27. The first-order chi connectivity index (χ1) is 13.5. The summed E-state index contributed by atoms with van der Waals surface area (Å²) in [7, 11) is 0. The maximum atomic E-state index is 12.1. The number of amides is 1. The van der Waals surface area contributed by atoms with E-state index in [1.165, 1.54) is 22.3 Å². The largest absolute Gasteiger partial charge is 0.449 e. The van der Waals surface area contributed by atoms with Crippen molar-refractivity contribution in [2.75, 3.05) is 19.8 Å². The van der Waals surface area contributed by atoms with E-state index in [1.807, 2.05) is 12.1 Å². The highest BCUT2D eigenvalue weighted by Gasteiger charge is 2.28. The Morgan fingerprint density at radius 1 is 0.929 bits per heavy atom. The smallest absolute Gasteiger partial charge is 0.407 e. The van der Waals surface area contributed by atoms with Gasteiger partial charge in [-0.05, 0) is 62.3 Å². The molecule has 2 aromatic rings. The Morgan fingerprint density at radius 2 is 1.54 bits per heavy atom. The summed E-state index contributed by atoms with van der Waals surface area (Å²) in [6, 6.07) is 16.7. The first kappa shape index (κ1) is 20.4. The molecule has 4 nitrogen and oxygen atoms in total. The lowest BCUT2D eigenvalue weighted by Gasteiger charge is -2.19. The third-order valence-electron chi connectivity index (χ3n) is 4.97. The van der Waals surface area contributed by atoms with Crippen LogP contribution in [-0.2, 0) is 9.47 Å². The van der Waals surface area contributed by atoms with E-state index in [9.17, 15) is 4.79 Å². The number of carbonyl (C=O) groups excluding carboxylic acids is 1. The Labute approximate surface area is 168 Å². The fourth-order valence-corrected chi connectivity index (χ4v) is 3.62. The van der Waals surface area contributed by atoms with Gasteiger partial charge >= 0.3 is 6.09 Å². The number of fused-ring (bicyclic) bond motifs is 3. The van der Waals surface area contributed by atoms with Gasteiger partial charge in [0.05, 0.1) is 5.60 Å². The number of carbonyl (C=O) groups is 1. The van der Waals surface area contributed by atoms with E-state index in [2.05, 4.69) is 62.5 Å². The van der Waals surface area contributed by atoms with Gasteiger partial charge in [0.15, 0.2) is 0 Å². The van der Waals surface area contributed by atoms with Gasteiger partial charge in [-0.25, -0.2) is 4.79 Å². The highest BCUT2D eigenvalue weighted by Crippen LogP contribution is 2.44. The minimum Gasteiger partial charge on any atom is -0.449 e. The van der Waals surface area contributed by atoms with E-state index in [0.29, 0.717) is 13.2 Å². The van der Waals surface area contributed by atoms with E-state index >= 15 is 0 Å². The van der Waals surface area contributed by atoms with Crippen molar-refractivity contribution in [3.63, 3.8) is 0 Å². The van der Waals surface area contributed by atoms with Crippen LogP contribution in [0.3, 0.4) is 0 Å². The van der Waals surface area contributed by atoms with E-state index in [4.69, 9.17) is 9.47 Å². The van der Waals surface area contributed by atoms with Gasteiger partial charge < -0.3 is 14.8 Å². The van der Waals surface area contributed by atoms with Crippen molar-refractivity contribution in [2.24, 2.45) is 0 Å². The molecule has 0 bridgehead atoms. The molecule has 2 aromatic carbocycles. The second-order valence-electron chi connectivity index (χ2n) is 8.27. The highest BCUT2D eigenvalue weighted by molar-refractivity contribution is 5.79. The number of ether oxygens (including phenoxy) is 2. The average Bonchev–Trinajstić information content (AvgIpc) is 2.99. The van der Waals surface area contributed by atoms with E-state index in [-0.39, 0.29) is 17.6 Å². The normalized spacial score (nSPS) is 13.1. The van der Waals surface area contributed by atoms with Crippen molar-refractivity contribution in [1.82, 2.24) is 5.32 Å². The summed E-state index contributed by atoms with van der Waals surface area (Å²) in [5.41, 5.74) is 4.86. The van der Waals surface area contributed by atoms with Crippen LogP contribution in [-0.4, -0.2) is 31.5 Å². The van der Waals surface area contributed by atoms with Crippen LogP contribution in [0.4, 0.5) is 4.79 Å². The Balaban J connectivity index is 1.41. The fourth-order valence-electron chi connectivity index (χ4n) is 3.62. The molecule has 0 unspecified atom stereocenters. The molecule has 0 atom stereocenters. The Kier molecular flexibility index (Phi) is 6.74. The average molecular weight is 382 g/mol. The lowest BCUT2D eigenvalue weighted by molar-refractivity contribution is -0.00467. The molecule has 0 aromatic heterocycles. The number of alkyl carbamates (subject to hydrolysis) is 1. The molecule has 0 heterocycles. The Morgan fingerprint density at radius 3 is 2.14 bits per heavy atom. The molecule has 150 valence electrons. The number of hydrogen-bond acceptors (Lipinski definition) is 3. The molecule has 0 fully saturated rings. The Hall–Kier alpha value is -2.33. The van der Waals surface area contributed by atoms with Crippen LogP contribution in [0.15, 0.2) is 48.5 Å². The molecular weight excluding hydrogens is 350 g/mol. The molecule has 1 aliphatic rings. The molecule has 0 spiro atoms. The minimum absolute atomic E-state index is 0.0838. The van der Waals surface area contributed by atoms with Crippen LogP contribution in [0.5, 0.6) is 0 Å². The highest BCUT2D eigenvalue weighted by atomic mass is 16.5. The molecule has 1 amide bonds. The van der Waals surface area contributed by atoms with Gasteiger partial charge in [-0.1, -0.05) is 48.5 Å². The maximum Gasteiger partial charge on any atom is 0.407 e. The zero-order valence-electron chi connectivity index (χ0n) is 17.2. The van der Waals surface area contributed by atoms with Crippen molar-refractivity contribution in [3.8, 4) is 11.1 Å². The number of nitrogens with one attached hydrogen (secondary N) is 1. The summed E-state index contributed by atoms with van der Waals surface area (Å²) in [5, 5.41) is 2.86. The number of rotatable bonds is 8. The predicted molar refractivity (Wildman–Crippen MR) is 113 cm³/mol. The summed E-state index contributed by atoms with van der Waals surface area (Å²) in [5.74, 6) is 0.104. The van der Waals surface area contributed by atoms with Crippen molar-refractivity contribution in [1.29, 1.82) is 0 Å². The third kappa shape index (κ3) is 5.35. The van der Waals surface area contributed by atoms with Gasteiger partial charge in [0.1, 0.15) is 6.61 Å². The topological polar surface area (TPSA) is 47.6 Å². The summed E-state index contributed by atoms with van der Waals surface area (Å²) in [4.78, 5) is 12.1. The standard InChI is InChI=1S/C24H31NO3/c1-24(2,3)28-16-10-4-9-15-25-23(26)27-17-22-20-13-7-5-11-18(20)19-12-6-8-14-21(19)22/h5-8,11-14,22H,4,9-10,15-17H2,1-3H3,(H,25,26). The van der Waals surface area contributed by atoms with Crippen LogP contribution in [0.2, 0.25) is 0 Å². The first-order valence-corrected chi connectivity index (χ1v) is 10.2. The zero-order chi connectivity index (χ0) is 20.0. The van der Waals surface area contributed by atoms with E-state index in [0.717, 1.165) is 25.9 Å². The van der Waals surface area contributed by atoms with Gasteiger partial charge in [0, 0.05) is 19.1 Å². The van der Waals surface area contributed by atoms with Crippen molar-refractivity contribution >= 4 is 6.09 Å². The van der Waals surface area contributed by atoms with E-state index < -0.39 is 0 Å². The molecule has 0 radical (unpaired) electrons. The molecule has 0 saturated carbocycles. The van der Waals surface area contributed by atoms with Crippen molar-refractivity contribution < 1.29 is 14.3 Å². The predicted octanol–water partition coefficient (Wildman–Crippen LogP) is 5.51. The second kappa shape index (κ2) is 9.24. The van der Waals surface area contributed by atoms with Crippen LogP contribution in [0.1, 0.15) is 57.1 Å². The first-order valence-electron chi connectivity index (χ1n) is 10.2. The molecular formula is C24H31NO3. The molecule has 1 N–H and O–H groups in total. The van der Waals surface area contributed by atoms with Gasteiger partial charge in [-0.3, -0.25) is 0 Å². The maximum absolute atomic E-state index is 12.1. The molecule has 0 aliphatic heterocycles. The van der Waals surface area contributed by atoms with Gasteiger partial charge in [0.2, 0.25) is 0 Å². The summed E-state index contributed by atoms with van der Waals surface area (Å²) in [6.07, 6.45) is 2.62. The molecule has 4 heteroatoms. The number of unbranched alkanes of at least 4 members (excludes halogenated alkanes) is 2. The van der Waals surface area contributed by atoms with E-state index in [1.54, 1.807) is 0 Å².